The van der Waals surface area contributed by atoms with Crippen LogP contribution in [0.1, 0.15) is 23.7 Å². The molecule has 148 valence electrons. The van der Waals surface area contributed by atoms with Crippen molar-refractivity contribution < 1.29 is 14.3 Å². The number of ether oxygens (including phenoxy) is 2. The van der Waals surface area contributed by atoms with Crippen LogP contribution in [0.4, 0.5) is 0 Å². The van der Waals surface area contributed by atoms with E-state index >= 15 is 0 Å². The first-order chi connectivity index (χ1) is 13.6. The van der Waals surface area contributed by atoms with Gasteiger partial charge in [-0.3, -0.25) is 9.48 Å². The average molecular weight is 381 g/mol. The fourth-order valence-electron chi connectivity index (χ4n) is 3.31. The van der Waals surface area contributed by atoms with Crippen LogP contribution in [0, 0.1) is 6.92 Å². The lowest BCUT2D eigenvalue weighted by atomic mass is 10.1. The van der Waals surface area contributed by atoms with Crippen molar-refractivity contribution in [3.05, 3.63) is 59.3 Å². The Labute approximate surface area is 165 Å². The zero-order chi connectivity index (χ0) is 19.9. The Kier molecular flexibility index (Phi) is 6.66. The molecule has 1 aromatic heterocycles. The molecule has 3 rings (SSSR count). The molecule has 0 saturated heterocycles. The van der Waals surface area contributed by atoms with Gasteiger partial charge in [0.05, 0.1) is 24.4 Å². The van der Waals surface area contributed by atoms with Crippen molar-refractivity contribution in [1.82, 2.24) is 15.1 Å². The molecule has 0 aliphatic rings. The number of benzene rings is 2. The molecular weight excluding hydrogens is 354 g/mol. The predicted molar refractivity (Wildman–Crippen MR) is 110 cm³/mol. The van der Waals surface area contributed by atoms with Crippen LogP contribution in [0.25, 0.3) is 10.9 Å². The summed E-state index contributed by atoms with van der Waals surface area (Å²) in [5.41, 5.74) is 4.07. The maximum absolute atomic E-state index is 12.4. The van der Waals surface area contributed by atoms with Crippen LogP contribution in [0.2, 0.25) is 0 Å². The number of hydrogen-bond acceptors (Lipinski definition) is 4. The largest absolute Gasteiger partial charge is 0.494 e. The van der Waals surface area contributed by atoms with Crippen molar-refractivity contribution >= 4 is 16.8 Å². The maximum Gasteiger partial charge on any atom is 0.241 e. The molecule has 1 amide bonds. The van der Waals surface area contributed by atoms with E-state index < -0.39 is 0 Å². The summed E-state index contributed by atoms with van der Waals surface area (Å²) in [7, 11) is 1.67. The molecule has 1 N–H and O–H groups in total. The first-order valence-corrected chi connectivity index (χ1v) is 9.54. The van der Waals surface area contributed by atoms with Gasteiger partial charge in [0.15, 0.2) is 0 Å². The predicted octanol–water partition coefficient (Wildman–Crippen LogP) is 3.25. The van der Waals surface area contributed by atoms with E-state index in [1.54, 1.807) is 11.8 Å². The lowest BCUT2D eigenvalue weighted by molar-refractivity contribution is -0.121. The molecule has 6 nitrogen and oxygen atoms in total. The van der Waals surface area contributed by atoms with Gasteiger partial charge >= 0.3 is 0 Å². The normalized spacial score (nSPS) is 11.0. The molecule has 0 unspecified atom stereocenters. The average Bonchev–Trinajstić information content (AvgIpc) is 3.00. The summed E-state index contributed by atoms with van der Waals surface area (Å²) in [5.74, 6) is 0.800. The highest BCUT2D eigenvalue weighted by Gasteiger charge is 2.10. The summed E-state index contributed by atoms with van der Waals surface area (Å²) in [6.07, 6.45) is 0.744. The zero-order valence-corrected chi connectivity index (χ0v) is 16.7. The Morgan fingerprint density at radius 3 is 2.82 bits per heavy atom. The number of aromatic nitrogens is 2. The standard InChI is InChI=1S/C22H27N3O3/c1-4-28-21-10-9-17(13-18(21)15-27-3)11-12-23-22(26)14-25-20-8-6-5-7-19(20)16(2)24-25/h5-10,13H,4,11-12,14-15H2,1-3H3,(H,23,26). The van der Waals surface area contributed by atoms with Crippen LogP contribution in [0.15, 0.2) is 42.5 Å². The molecule has 0 fully saturated rings. The summed E-state index contributed by atoms with van der Waals surface area (Å²) in [5, 5.41) is 8.54. The van der Waals surface area contributed by atoms with E-state index in [0.29, 0.717) is 19.8 Å². The lowest BCUT2D eigenvalue weighted by Crippen LogP contribution is -2.29. The van der Waals surface area contributed by atoms with Gasteiger partial charge in [0.1, 0.15) is 12.3 Å². The van der Waals surface area contributed by atoms with Gasteiger partial charge in [0.2, 0.25) is 5.91 Å². The third-order valence-corrected chi connectivity index (χ3v) is 4.60. The van der Waals surface area contributed by atoms with Gasteiger partial charge in [0.25, 0.3) is 0 Å². The van der Waals surface area contributed by atoms with Crippen molar-refractivity contribution in [3.63, 3.8) is 0 Å². The number of para-hydroxylation sites is 1. The number of amides is 1. The molecule has 0 bridgehead atoms. The second kappa shape index (κ2) is 9.37. The highest BCUT2D eigenvalue weighted by molar-refractivity contribution is 5.84. The first-order valence-electron chi connectivity index (χ1n) is 9.54. The monoisotopic (exact) mass is 381 g/mol. The molecule has 1 heterocycles. The van der Waals surface area contributed by atoms with Gasteiger partial charge in [-0.2, -0.15) is 5.10 Å². The smallest absolute Gasteiger partial charge is 0.241 e. The van der Waals surface area contributed by atoms with Gasteiger partial charge in [0, 0.05) is 24.6 Å². The Balaban J connectivity index is 1.57. The number of rotatable bonds is 9. The minimum absolute atomic E-state index is 0.0451. The van der Waals surface area contributed by atoms with E-state index in [1.807, 2.05) is 50.2 Å². The first kappa shape index (κ1) is 19.9. The SMILES string of the molecule is CCOc1ccc(CCNC(=O)Cn2nc(C)c3ccccc32)cc1COC. The summed E-state index contributed by atoms with van der Waals surface area (Å²) in [6.45, 7) is 5.82. The molecule has 28 heavy (non-hydrogen) atoms. The van der Waals surface area contributed by atoms with Crippen LogP contribution in [0.5, 0.6) is 5.75 Å². The third-order valence-electron chi connectivity index (χ3n) is 4.60. The number of nitrogens with one attached hydrogen (secondary N) is 1. The molecule has 6 heteroatoms. The second-order valence-electron chi connectivity index (χ2n) is 6.67. The zero-order valence-electron chi connectivity index (χ0n) is 16.7. The number of fused-ring (bicyclic) bond motifs is 1. The molecule has 0 radical (unpaired) electrons. The highest BCUT2D eigenvalue weighted by atomic mass is 16.5. The van der Waals surface area contributed by atoms with Crippen molar-refractivity contribution in [2.45, 2.75) is 33.4 Å². The number of hydrogen-bond donors (Lipinski definition) is 1. The van der Waals surface area contributed by atoms with Crippen molar-refractivity contribution in [1.29, 1.82) is 0 Å². The Morgan fingerprint density at radius 2 is 2.04 bits per heavy atom. The Hall–Kier alpha value is -2.86. The van der Waals surface area contributed by atoms with Crippen LogP contribution < -0.4 is 10.1 Å². The Morgan fingerprint density at radius 1 is 1.21 bits per heavy atom. The molecule has 2 aromatic carbocycles. The topological polar surface area (TPSA) is 65.4 Å². The van der Waals surface area contributed by atoms with Crippen LogP contribution in [0.3, 0.4) is 0 Å². The molecule has 0 spiro atoms. The summed E-state index contributed by atoms with van der Waals surface area (Å²) in [6, 6.07) is 14.0. The molecule has 0 aliphatic heterocycles. The fraction of sp³-hybridized carbons (Fsp3) is 0.364. The van der Waals surface area contributed by atoms with Gasteiger partial charge in [-0.05, 0) is 44.0 Å². The summed E-state index contributed by atoms with van der Waals surface area (Å²) in [4.78, 5) is 12.4. The van der Waals surface area contributed by atoms with E-state index in [2.05, 4.69) is 16.5 Å². The summed E-state index contributed by atoms with van der Waals surface area (Å²) >= 11 is 0. The quantitative estimate of drug-likeness (QED) is 0.618. The minimum atomic E-state index is -0.0451. The van der Waals surface area contributed by atoms with E-state index in [0.717, 1.165) is 39.9 Å². The number of aryl methyl sites for hydroxylation is 1. The van der Waals surface area contributed by atoms with Crippen molar-refractivity contribution in [3.8, 4) is 5.75 Å². The van der Waals surface area contributed by atoms with E-state index in [9.17, 15) is 4.79 Å². The Bertz CT molecular complexity index is 949. The minimum Gasteiger partial charge on any atom is -0.494 e. The molecular formula is C22H27N3O3. The molecule has 0 saturated carbocycles. The summed E-state index contributed by atoms with van der Waals surface area (Å²) < 4.78 is 12.6. The van der Waals surface area contributed by atoms with Gasteiger partial charge in [-0.1, -0.05) is 24.3 Å². The number of methoxy groups -OCH3 is 1. The number of carbonyl (C=O) groups is 1. The third kappa shape index (κ3) is 4.70. The van der Waals surface area contributed by atoms with E-state index in [1.165, 1.54) is 0 Å². The fourth-order valence-corrected chi connectivity index (χ4v) is 3.31. The van der Waals surface area contributed by atoms with Crippen molar-refractivity contribution in [2.75, 3.05) is 20.3 Å². The molecule has 3 aromatic rings. The van der Waals surface area contributed by atoms with E-state index in [-0.39, 0.29) is 12.5 Å². The number of nitrogens with zero attached hydrogens (tertiary/aromatic N) is 2. The van der Waals surface area contributed by atoms with Crippen LogP contribution in [-0.4, -0.2) is 35.9 Å². The van der Waals surface area contributed by atoms with Crippen molar-refractivity contribution in [2.24, 2.45) is 0 Å². The lowest BCUT2D eigenvalue weighted by Gasteiger charge is -2.12. The number of carbonyl (C=O) groups excluding carboxylic acids is 1. The molecule has 0 aliphatic carbocycles. The van der Waals surface area contributed by atoms with Gasteiger partial charge < -0.3 is 14.8 Å². The molecule has 0 atom stereocenters. The maximum atomic E-state index is 12.4. The van der Waals surface area contributed by atoms with E-state index in [4.69, 9.17) is 9.47 Å². The van der Waals surface area contributed by atoms with Crippen LogP contribution >= 0.6 is 0 Å². The van der Waals surface area contributed by atoms with Gasteiger partial charge in [-0.25, -0.2) is 0 Å². The highest BCUT2D eigenvalue weighted by Crippen LogP contribution is 2.21. The van der Waals surface area contributed by atoms with Gasteiger partial charge in [-0.15, -0.1) is 0 Å². The van der Waals surface area contributed by atoms with Crippen LogP contribution in [-0.2, 0) is 29.1 Å². The second-order valence-corrected chi connectivity index (χ2v) is 6.67.